The third kappa shape index (κ3) is 7.55. The summed E-state index contributed by atoms with van der Waals surface area (Å²) >= 11 is 20.0. The predicted octanol–water partition coefficient (Wildman–Crippen LogP) is 9.63. The lowest BCUT2D eigenvalue weighted by molar-refractivity contribution is 1.69. The largest absolute Gasteiger partial charge is 0.194 e. The number of hydrogen-bond acceptors (Lipinski definition) is 4. The summed E-state index contributed by atoms with van der Waals surface area (Å²) in [5.74, 6) is 0. The van der Waals surface area contributed by atoms with E-state index >= 15 is 0 Å². The molecule has 0 aliphatic carbocycles. The molecule has 0 saturated carbocycles. The molecular weight excluding hydrogens is 874 g/mol. The molecule has 8 aromatic rings. The Hall–Kier alpha value is -3.25. The minimum Gasteiger partial charge on any atom is -0.194 e. The quantitative estimate of drug-likeness (QED) is 0.0991. The monoisotopic (exact) mass is 920 g/mol. The van der Waals surface area contributed by atoms with Crippen LogP contribution in [0.25, 0.3) is 0 Å². The first-order valence-electron chi connectivity index (χ1n) is 20.8. The van der Waals surface area contributed by atoms with Crippen molar-refractivity contribution in [2.75, 3.05) is 0 Å². The summed E-state index contributed by atoms with van der Waals surface area (Å²) in [5, 5.41) is 11.8. The summed E-state index contributed by atoms with van der Waals surface area (Å²) in [6.45, 7) is -6.48. The molecule has 0 unspecified atom stereocenters. The van der Waals surface area contributed by atoms with Gasteiger partial charge in [-0.15, -0.1) is 0 Å². The van der Waals surface area contributed by atoms with Crippen molar-refractivity contribution in [2.24, 2.45) is 0 Å². The van der Waals surface area contributed by atoms with E-state index in [1.165, 1.54) is 42.4 Å². The van der Waals surface area contributed by atoms with Crippen LogP contribution >= 0.6 is 47.5 Å². The summed E-state index contributed by atoms with van der Waals surface area (Å²) in [7, 11) is 0. The molecule has 10 heteroatoms. The maximum Gasteiger partial charge on any atom is 0.126 e. The molecule has 1 aliphatic heterocycles. The first-order valence-corrected chi connectivity index (χ1v) is 33.9. The van der Waals surface area contributed by atoms with Crippen LogP contribution < -0.4 is 42.4 Å². The third-order valence-corrected chi connectivity index (χ3v) is 49.7. The third-order valence-electron chi connectivity index (χ3n) is 12.4. The fourth-order valence-electron chi connectivity index (χ4n) is 9.82. The second-order valence-electron chi connectivity index (χ2n) is 15.4. The van der Waals surface area contributed by atoms with E-state index in [2.05, 4.69) is 265 Å². The highest BCUT2D eigenvalue weighted by Crippen LogP contribution is 2.87. The Morgan fingerprint density at radius 2 is 0.483 bits per heavy atom. The molecule has 1 aliphatic rings. The second-order valence-corrected chi connectivity index (χ2v) is 39.5. The predicted molar refractivity (Wildman–Crippen MR) is 291 cm³/mol. The number of rotatable bonds is 10. The van der Waals surface area contributed by atoms with Crippen molar-refractivity contribution >= 4 is 127 Å². The molecule has 0 bridgehead atoms. The van der Waals surface area contributed by atoms with Crippen molar-refractivity contribution in [2.45, 2.75) is 10.6 Å². The lowest BCUT2D eigenvalue weighted by Crippen LogP contribution is -2.44. The van der Waals surface area contributed by atoms with Crippen molar-refractivity contribution in [3.63, 3.8) is 0 Å². The van der Waals surface area contributed by atoms with Crippen molar-refractivity contribution < 1.29 is 0 Å². The van der Waals surface area contributed by atoms with Crippen molar-refractivity contribution in [1.82, 2.24) is 0 Å². The summed E-state index contributed by atoms with van der Waals surface area (Å²) in [5.41, 5.74) is 0. The van der Waals surface area contributed by atoms with E-state index in [1.54, 1.807) is 0 Å². The zero-order chi connectivity index (χ0) is 40.9. The fraction of sp³-hybridized carbons (Fsp3) is 0.0400. The Morgan fingerprint density at radius 1 is 0.300 bits per heavy atom. The molecule has 0 radical (unpaired) electrons. The molecule has 296 valence electrons. The van der Waals surface area contributed by atoms with Crippen LogP contribution in [0, 0.1) is 0 Å². The topological polar surface area (TPSA) is 0 Å². The highest BCUT2D eigenvalue weighted by molar-refractivity contribution is 8.84. The van der Waals surface area contributed by atoms with Crippen LogP contribution in [-0.4, -0.2) is 23.7 Å². The van der Waals surface area contributed by atoms with Gasteiger partial charge in [0.2, 0.25) is 0 Å². The Labute approximate surface area is 376 Å². The Kier molecular flexibility index (Phi) is 13.1. The van der Waals surface area contributed by atoms with Crippen LogP contribution in [0.1, 0.15) is 0 Å². The molecule has 0 spiro atoms. The molecule has 1 heterocycles. The van der Waals surface area contributed by atoms with Crippen LogP contribution in [0.15, 0.2) is 243 Å². The van der Waals surface area contributed by atoms with Gasteiger partial charge in [0.15, 0.2) is 0 Å². The summed E-state index contributed by atoms with van der Waals surface area (Å²) < 4.78 is 0. The second kappa shape index (κ2) is 18.6. The molecule has 0 N–H and O–H groups in total. The molecule has 0 aromatic heterocycles. The summed E-state index contributed by atoms with van der Waals surface area (Å²) in [6, 6.07) is 86.9. The first kappa shape index (κ1) is 42.1. The SMILES string of the molecule is S=P(c1ccccc1)(c1ccccc1)[C@H]1[BH2-]S[P+](c2ccccc2)(c2ccccc2)[C@H](P(=S)(c2ccccc2)c2ccccc2)[BH2-]S[P+]1(c1ccccc1)c1ccccc1. The highest BCUT2D eigenvalue weighted by Gasteiger charge is 2.60. The molecule has 1 fully saturated rings. The number of benzene rings is 8. The van der Waals surface area contributed by atoms with Crippen LogP contribution in [-0.2, 0) is 23.6 Å². The van der Waals surface area contributed by atoms with E-state index in [-0.39, 0.29) is 10.6 Å². The van der Waals surface area contributed by atoms with Crippen molar-refractivity contribution in [1.29, 1.82) is 0 Å². The van der Waals surface area contributed by atoms with Gasteiger partial charge in [-0.1, -0.05) is 218 Å². The van der Waals surface area contributed by atoms with Crippen LogP contribution in [0.2, 0.25) is 0 Å². The van der Waals surface area contributed by atoms with E-state index in [9.17, 15) is 0 Å². The zero-order valence-electron chi connectivity index (χ0n) is 33.7. The average Bonchev–Trinajstić information content (AvgIpc) is 3.34. The van der Waals surface area contributed by atoms with Gasteiger partial charge in [0.25, 0.3) is 0 Å². The van der Waals surface area contributed by atoms with Gasteiger partial charge < -0.3 is 0 Å². The van der Waals surface area contributed by atoms with Gasteiger partial charge in [-0.25, -0.2) is 0 Å². The maximum absolute atomic E-state index is 7.63. The van der Waals surface area contributed by atoms with Crippen LogP contribution in [0.4, 0.5) is 0 Å². The molecule has 60 heavy (non-hydrogen) atoms. The van der Waals surface area contributed by atoms with E-state index in [1.807, 2.05) is 0 Å². The van der Waals surface area contributed by atoms with E-state index < -0.39 is 38.1 Å². The minimum atomic E-state index is -2.50. The van der Waals surface area contributed by atoms with Gasteiger partial charge in [-0.05, 0) is 69.7 Å². The standard InChI is InChI=1S/C50H46B2P4S4/c57-53(41-25-9-1-10-26-41,42-27-11-2-12-28-42)49-51-59-56(47-37-21-7-22-38-47,48-39-23-8-24-40-48)50(54(58,43-29-13-3-14-30-43)44-31-15-4-16-32-44)52-60-55(49,45-33-17-5-18-34-45)46-35-19-6-20-36-46/h1-40,49-50H,51-52H2/t49-,50+. The fourth-order valence-corrected chi connectivity index (χ4v) is 58.3. The molecule has 0 nitrogen and oxygen atoms in total. The molecule has 1 saturated heterocycles. The van der Waals surface area contributed by atoms with Gasteiger partial charge >= 0.3 is 0 Å². The highest BCUT2D eigenvalue weighted by atomic mass is 32.7. The van der Waals surface area contributed by atoms with Gasteiger partial charge in [-0.3, -0.25) is 0 Å². The lowest BCUT2D eigenvalue weighted by atomic mass is 10.2. The Bertz CT molecular complexity index is 2360. The van der Waals surface area contributed by atoms with Gasteiger partial charge in [-0.2, -0.15) is 22.5 Å². The van der Waals surface area contributed by atoms with E-state index in [0.717, 1.165) is 0 Å². The van der Waals surface area contributed by atoms with E-state index in [4.69, 9.17) is 23.6 Å². The molecular formula is C50H46B2P4S4. The molecule has 8 aromatic carbocycles. The lowest BCUT2D eigenvalue weighted by Gasteiger charge is -2.53. The van der Waals surface area contributed by atoms with E-state index in [0.29, 0.717) is 0 Å². The Balaban J connectivity index is 1.42. The number of hydrogen-bond donors (Lipinski definition) is 0. The normalized spacial score (nSPS) is 17.8. The van der Waals surface area contributed by atoms with Gasteiger partial charge in [0.1, 0.15) is 34.3 Å². The summed E-state index contributed by atoms with van der Waals surface area (Å²) in [6.07, 6.45) is 0. The van der Waals surface area contributed by atoms with Crippen LogP contribution in [0.5, 0.6) is 0 Å². The average molecular weight is 921 g/mol. The van der Waals surface area contributed by atoms with Crippen LogP contribution in [0.3, 0.4) is 0 Å². The molecule has 9 rings (SSSR count). The summed E-state index contributed by atoms with van der Waals surface area (Å²) in [4.78, 5) is 0. The molecule has 0 amide bonds. The minimum absolute atomic E-state index is 0.285. The Morgan fingerprint density at radius 3 is 0.683 bits per heavy atom. The molecule has 2 atom stereocenters. The van der Waals surface area contributed by atoms with Gasteiger partial charge in [0, 0.05) is 22.7 Å². The van der Waals surface area contributed by atoms with Crippen molar-refractivity contribution in [3.8, 4) is 0 Å². The van der Waals surface area contributed by atoms with Gasteiger partial charge in [0.05, 0.1) is 12.9 Å². The smallest absolute Gasteiger partial charge is 0.126 e. The first-order chi connectivity index (χ1) is 29.5. The zero-order valence-corrected chi connectivity index (χ0v) is 40.5. The maximum atomic E-state index is 7.63. The van der Waals surface area contributed by atoms with Crippen molar-refractivity contribution in [3.05, 3.63) is 243 Å².